The van der Waals surface area contributed by atoms with Crippen LogP contribution in [-0.4, -0.2) is 37.2 Å². The first-order chi connectivity index (χ1) is 40.5. The quantitative estimate of drug-likeness (QED) is 0.0261. The predicted octanol–water partition coefficient (Wildman–Crippen LogP) is 24.2. The highest BCUT2D eigenvalue weighted by molar-refractivity contribution is 5.71. The van der Waals surface area contributed by atoms with Gasteiger partial charge in [-0.05, 0) is 128 Å². The molecule has 0 rings (SSSR count). The lowest BCUT2D eigenvalue weighted by Crippen LogP contribution is -2.30. The number of carbonyl (C=O) groups is 3. The van der Waals surface area contributed by atoms with E-state index >= 15 is 0 Å². The summed E-state index contributed by atoms with van der Waals surface area (Å²) in [7, 11) is 0. The lowest BCUT2D eigenvalue weighted by atomic mass is 10.0. The molecule has 0 fully saturated rings. The van der Waals surface area contributed by atoms with E-state index in [0.717, 1.165) is 116 Å². The van der Waals surface area contributed by atoms with E-state index in [1.807, 2.05) is 0 Å². The van der Waals surface area contributed by atoms with Crippen LogP contribution in [0.5, 0.6) is 0 Å². The van der Waals surface area contributed by atoms with Crippen LogP contribution in [0.2, 0.25) is 0 Å². The zero-order valence-electron chi connectivity index (χ0n) is 54.0. The number of carbonyl (C=O) groups excluding carboxylic acids is 3. The first kappa shape index (κ1) is 78.1. The summed E-state index contributed by atoms with van der Waals surface area (Å²) < 4.78 is 16.9. The fourth-order valence-corrected chi connectivity index (χ4v) is 9.77. The van der Waals surface area contributed by atoms with Crippen LogP contribution in [0.4, 0.5) is 0 Å². The minimum Gasteiger partial charge on any atom is -0.462 e. The molecule has 0 aliphatic rings. The Bertz CT molecular complexity index is 1640. The summed E-state index contributed by atoms with van der Waals surface area (Å²) in [4.78, 5) is 38.3. The van der Waals surface area contributed by atoms with Crippen molar-refractivity contribution in [1.29, 1.82) is 0 Å². The van der Waals surface area contributed by atoms with Gasteiger partial charge in [0.05, 0.1) is 0 Å². The Morgan fingerprint density at radius 3 is 0.756 bits per heavy atom. The Kier molecular flexibility index (Phi) is 66.2. The fourth-order valence-electron chi connectivity index (χ4n) is 9.77. The highest BCUT2D eigenvalue weighted by atomic mass is 16.6. The second-order valence-electron chi connectivity index (χ2n) is 23.1. The van der Waals surface area contributed by atoms with Gasteiger partial charge in [-0.25, -0.2) is 0 Å². The maximum Gasteiger partial charge on any atom is 0.306 e. The molecular formula is C76H130O6. The van der Waals surface area contributed by atoms with E-state index in [9.17, 15) is 14.4 Å². The van der Waals surface area contributed by atoms with E-state index < -0.39 is 6.10 Å². The first-order valence-electron chi connectivity index (χ1n) is 34.9. The molecule has 470 valence electrons. The Labute approximate surface area is 508 Å². The van der Waals surface area contributed by atoms with E-state index in [-0.39, 0.29) is 31.1 Å². The van der Waals surface area contributed by atoms with Gasteiger partial charge in [0.1, 0.15) is 13.2 Å². The molecule has 0 bridgehead atoms. The lowest BCUT2D eigenvalue weighted by molar-refractivity contribution is -0.167. The predicted molar refractivity (Wildman–Crippen MR) is 357 cm³/mol. The van der Waals surface area contributed by atoms with Crippen molar-refractivity contribution in [2.75, 3.05) is 13.2 Å². The molecule has 1 unspecified atom stereocenters. The third-order valence-corrected chi connectivity index (χ3v) is 15.0. The summed E-state index contributed by atoms with van der Waals surface area (Å²) in [6.45, 7) is 6.49. The van der Waals surface area contributed by atoms with Gasteiger partial charge in [0.15, 0.2) is 6.10 Å². The molecule has 1 atom stereocenters. The average Bonchev–Trinajstić information content (AvgIpc) is 3.47. The molecule has 0 aromatic carbocycles. The Hall–Kier alpha value is -3.93. The summed E-state index contributed by atoms with van der Waals surface area (Å²) in [6.07, 6.45) is 95.5. The van der Waals surface area contributed by atoms with E-state index in [0.29, 0.717) is 19.3 Å². The number of unbranched alkanes of at least 4 members (excludes halogenated alkanes) is 34. The molecule has 0 amide bonds. The van der Waals surface area contributed by atoms with E-state index in [1.165, 1.54) is 180 Å². The van der Waals surface area contributed by atoms with Crippen LogP contribution < -0.4 is 0 Å². The van der Waals surface area contributed by atoms with Gasteiger partial charge in [-0.1, -0.05) is 297 Å². The van der Waals surface area contributed by atoms with Gasteiger partial charge in [-0.15, -0.1) is 0 Å². The third kappa shape index (κ3) is 66.9. The molecule has 6 heteroatoms. The molecule has 6 nitrogen and oxygen atoms in total. The van der Waals surface area contributed by atoms with Crippen molar-refractivity contribution in [2.24, 2.45) is 0 Å². The van der Waals surface area contributed by atoms with Crippen LogP contribution in [0.15, 0.2) is 109 Å². The molecule has 0 N–H and O–H groups in total. The van der Waals surface area contributed by atoms with Gasteiger partial charge in [0, 0.05) is 19.3 Å². The molecule has 0 saturated carbocycles. The SMILES string of the molecule is CC/C=C\C/C=C\C/C=C\C/C=C\C/C=C\C/C=C\CCCCCCCCCCCCCCCCCCC(=O)OCC(COC(=O)CCCCCCC/C=C\CCCCC)OC(=O)CCCCCCCCC/C=C\C/C=C\CCCCC. The zero-order valence-corrected chi connectivity index (χ0v) is 54.0. The number of hydrogen-bond acceptors (Lipinski definition) is 6. The normalized spacial score (nSPS) is 12.8. The van der Waals surface area contributed by atoms with Crippen molar-refractivity contribution in [3.05, 3.63) is 109 Å². The molecule has 0 heterocycles. The zero-order chi connectivity index (χ0) is 59.2. The molecule has 82 heavy (non-hydrogen) atoms. The van der Waals surface area contributed by atoms with Gasteiger partial charge >= 0.3 is 17.9 Å². The Morgan fingerprint density at radius 1 is 0.256 bits per heavy atom. The Morgan fingerprint density at radius 2 is 0.476 bits per heavy atom. The van der Waals surface area contributed by atoms with Gasteiger partial charge in [0.25, 0.3) is 0 Å². The minimum absolute atomic E-state index is 0.0812. The second kappa shape index (κ2) is 69.6. The summed E-state index contributed by atoms with van der Waals surface area (Å²) in [6, 6.07) is 0. The molecule has 0 aliphatic carbocycles. The van der Waals surface area contributed by atoms with E-state index in [2.05, 4.69) is 130 Å². The van der Waals surface area contributed by atoms with Crippen LogP contribution in [0.3, 0.4) is 0 Å². The van der Waals surface area contributed by atoms with Crippen LogP contribution in [0, 0.1) is 0 Å². The monoisotopic (exact) mass is 1140 g/mol. The lowest BCUT2D eigenvalue weighted by Gasteiger charge is -2.18. The first-order valence-corrected chi connectivity index (χ1v) is 34.9. The maximum atomic E-state index is 12.9. The summed E-state index contributed by atoms with van der Waals surface area (Å²) in [5.41, 5.74) is 0. The molecular weight excluding hydrogens is 1010 g/mol. The fraction of sp³-hybridized carbons (Fsp3) is 0.724. The summed E-state index contributed by atoms with van der Waals surface area (Å²) in [5, 5.41) is 0. The van der Waals surface area contributed by atoms with Crippen molar-refractivity contribution in [2.45, 2.75) is 341 Å². The molecule has 0 aromatic heterocycles. The van der Waals surface area contributed by atoms with Gasteiger partial charge in [-0.2, -0.15) is 0 Å². The highest BCUT2D eigenvalue weighted by Crippen LogP contribution is 2.17. The molecule has 0 aliphatic heterocycles. The standard InChI is InChI=1S/C76H130O6/c1-4-7-10-13-16-19-22-25-27-29-30-31-32-33-34-35-36-37-38-39-40-41-42-43-44-45-46-48-49-51-54-57-60-63-66-69-75(78)81-72-73(71-80-74(77)68-65-62-59-56-53-24-21-18-15-12-9-6-3)82-76(79)70-67-64-61-58-55-52-50-47-28-26-23-20-17-14-11-8-5-2/h7,10,16-21,25-28,30-31,33-34,36-37,73H,4-6,8-9,11-15,22-24,29,32,35,38-72H2,1-3H3/b10-7-,19-16-,20-17-,21-18-,27-25-,28-26-,31-30-,34-33-,37-36-. The maximum absolute atomic E-state index is 12.9. The summed E-state index contributed by atoms with van der Waals surface area (Å²) >= 11 is 0. The van der Waals surface area contributed by atoms with Crippen LogP contribution in [0.25, 0.3) is 0 Å². The van der Waals surface area contributed by atoms with Crippen molar-refractivity contribution < 1.29 is 28.6 Å². The minimum atomic E-state index is -0.785. The van der Waals surface area contributed by atoms with Crippen LogP contribution in [0.1, 0.15) is 335 Å². The van der Waals surface area contributed by atoms with Crippen molar-refractivity contribution >= 4 is 17.9 Å². The molecule has 0 radical (unpaired) electrons. The summed E-state index contributed by atoms with van der Waals surface area (Å²) in [5.74, 6) is -0.886. The second-order valence-corrected chi connectivity index (χ2v) is 23.1. The highest BCUT2D eigenvalue weighted by Gasteiger charge is 2.19. The van der Waals surface area contributed by atoms with Gasteiger partial charge in [0.2, 0.25) is 0 Å². The molecule has 0 aromatic rings. The topological polar surface area (TPSA) is 78.9 Å². The smallest absolute Gasteiger partial charge is 0.306 e. The van der Waals surface area contributed by atoms with Gasteiger partial charge < -0.3 is 14.2 Å². The average molecular weight is 1140 g/mol. The third-order valence-electron chi connectivity index (χ3n) is 15.0. The van der Waals surface area contributed by atoms with E-state index in [1.54, 1.807) is 0 Å². The number of ether oxygens (including phenoxy) is 3. The number of hydrogen-bond donors (Lipinski definition) is 0. The van der Waals surface area contributed by atoms with Crippen molar-refractivity contribution in [3.63, 3.8) is 0 Å². The largest absolute Gasteiger partial charge is 0.462 e. The van der Waals surface area contributed by atoms with Crippen LogP contribution in [-0.2, 0) is 28.6 Å². The van der Waals surface area contributed by atoms with E-state index in [4.69, 9.17) is 14.2 Å². The molecule has 0 spiro atoms. The number of allylic oxidation sites excluding steroid dienone is 18. The number of esters is 3. The van der Waals surface area contributed by atoms with Crippen molar-refractivity contribution in [1.82, 2.24) is 0 Å². The van der Waals surface area contributed by atoms with Crippen LogP contribution >= 0.6 is 0 Å². The number of rotatable bonds is 63. The molecule has 0 saturated heterocycles. The van der Waals surface area contributed by atoms with Crippen molar-refractivity contribution in [3.8, 4) is 0 Å². The van der Waals surface area contributed by atoms with Gasteiger partial charge in [-0.3, -0.25) is 14.4 Å². The Balaban J connectivity index is 4.15.